The zero-order valence-electron chi connectivity index (χ0n) is 9.79. The second-order valence-corrected chi connectivity index (χ2v) is 4.27. The highest BCUT2D eigenvalue weighted by Gasteiger charge is 2.24. The Morgan fingerprint density at radius 2 is 1.69 bits per heavy atom. The molecule has 0 aliphatic carbocycles. The quantitative estimate of drug-likeness (QED) is 0.658. The van der Waals surface area contributed by atoms with Gasteiger partial charge in [-0.15, -0.1) is 0 Å². The Labute approximate surface area is 82.3 Å². The van der Waals surface area contributed by atoms with E-state index in [9.17, 15) is 4.79 Å². The van der Waals surface area contributed by atoms with Crippen LogP contribution in [0.2, 0.25) is 0 Å². The van der Waals surface area contributed by atoms with E-state index in [2.05, 4.69) is 20.8 Å². The van der Waals surface area contributed by atoms with Crippen LogP contribution in [0.4, 0.5) is 0 Å². The Balaban J connectivity index is 4.24. The Hall–Kier alpha value is -0.530. The van der Waals surface area contributed by atoms with Crippen molar-refractivity contribution in [2.24, 2.45) is 17.8 Å². The average molecular weight is 185 g/mol. The summed E-state index contributed by atoms with van der Waals surface area (Å²) in [7, 11) is 3.64. The molecule has 0 aliphatic heterocycles. The molecule has 0 bridgehead atoms. The first-order valence-electron chi connectivity index (χ1n) is 5.12. The van der Waals surface area contributed by atoms with E-state index in [1.165, 1.54) is 0 Å². The molecule has 78 valence electrons. The highest BCUT2D eigenvalue weighted by Crippen LogP contribution is 2.23. The van der Waals surface area contributed by atoms with E-state index in [-0.39, 0.29) is 11.8 Å². The Bertz CT molecular complexity index is 165. The molecular weight excluding hydrogens is 162 g/mol. The van der Waals surface area contributed by atoms with Crippen LogP contribution in [0.25, 0.3) is 0 Å². The van der Waals surface area contributed by atoms with E-state index in [1.807, 2.05) is 21.0 Å². The van der Waals surface area contributed by atoms with Crippen LogP contribution in [0.1, 0.15) is 34.1 Å². The van der Waals surface area contributed by atoms with E-state index in [0.29, 0.717) is 11.8 Å². The third-order valence-electron chi connectivity index (χ3n) is 3.16. The summed E-state index contributed by atoms with van der Waals surface area (Å²) in [6.07, 6.45) is 1.15. The summed E-state index contributed by atoms with van der Waals surface area (Å²) in [5.41, 5.74) is 0. The molecule has 0 saturated heterocycles. The number of amides is 1. The number of hydrogen-bond acceptors (Lipinski definition) is 1. The minimum absolute atomic E-state index is 0.143. The molecule has 1 amide bonds. The zero-order valence-corrected chi connectivity index (χ0v) is 9.79. The summed E-state index contributed by atoms with van der Waals surface area (Å²) in [5.74, 6) is 1.48. The number of rotatable bonds is 4. The predicted octanol–water partition coefficient (Wildman–Crippen LogP) is 2.39. The fourth-order valence-corrected chi connectivity index (χ4v) is 1.50. The SMILES string of the molecule is CCC(C)C(C)C(C)C(=O)N(C)C. The van der Waals surface area contributed by atoms with E-state index in [1.54, 1.807) is 4.90 Å². The van der Waals surface area contributed by atoms with Crippen LogP contribution in [0.3, 0.4) is 0 Å². The molecule has 0 heterocycles. The fourth-order valence-electron chi connectivity index (χ4n) is 1.50. The first kappa shape index (κ1) is 12.5. The van der Waals surface area contributed by atoms with Crippen LogP contribution in [0.15, 0.2) is 0 Å². The topological polar surface area (TPSA) is 20.3 Å². The van der Waals surface area contributed by atoms with Gasteiger partial charge in [-0.2, -0.15) is 0 Å². The molecule has 0 rings (SSSR count). The first-order chi connectivity index (χ1) is 5.91. The van der Waals surface area contributed by atoms with Crippen LogP contribution in [-0.2, 0) is 4.79 Å². The summed E-state index contributed by atoms with van der Waals surface area (Å²) in [5, 5.41) is 0. The van der Waals surface area contributed by atoms with Gasteiger partial charge in [-0.1, -0.05) is 34.1 Å². The minimum atomic E-state index is 0.143. The lowest BCUT2D eigenvalue weighted by molar-refractivity contribution is -0.134. The molecule has 0 spiro atoms. The van der Waals surface area contributed by atoms with Gasteiger partial charge in [-0.3, -0.25) is 4.79 Å². The molecule has 0 saturated carbocycles. The van der Waals surface area contributed by atoms with E-state index >= 15 is 0 Å². The van der Waals surface area contributed by atoms with Crippen molar-refractivity contribution in [1.29, 1.82) is 0 Å². The molecule has 2 nitrogen and oxygen atoms in total. The minimum Gasteiger partial charge on any atom is -0.349 e. The Morgan fingerprint density at radius 3 is 2.00 bits per heavy atom. The van der Waals surface area contributed by atoms with Gasteiger partial charge in [0.05, 0.1) is 0 Å². The molecule has 0 aromatic rings. The fraction of sp³-hybridized carbons (Fsp3) is 0.909. The molecule has 2 heteroatoms. The molecular formula is C11H23NO. The van der Waals surface area contributed by atoms with Gasteiger partial charge < -0.3 is 4.90 Å². The molecule has 0 aromatic heterocycles. The van der Waals surface area contributed by atoms with E-state index < -0.39 is 0 Å². The third kappa shape index (κ3) is 3.37. The van der Waals surface area contributed by atoms with Gasteiger partial charge in [0, 0.05) is 20.0 Å². The summed E-state index contributed by atoms with van der Waals surface area (Å²) < 4.78 is 0. The van der Waals surface area contributed by atoms with Gasteiger partial charge >= 0.3 is 0 Å². The second kappa shape index (κ2) is 5.25. The third-order valence-corrected chi connectivity index (χ3v) is 3.16. The van der Waals surface area contributed by atoms with E-state index in [0.717, 1.165) is 6.42 Å². The Morgan fingerprint density at radius 1 is 1.23 bits per heavy atom. The predicted molar refractivity (Wildman–Crippen MR) is 56.5 cm³/mol. The number of hydrogen-bond donors (Lipinski definition) is 0. The van der Waals surface area contributed by atoms with Crippen LogP contribution in [-0.4, -0.2) is 24.9 Å². The molecule has 3 unspecified atom stereocenters. The summed E-state index contributed by atoms with van der Waals surface area (Å²) >= 11 is 0. The van der Waals surface area contributed by atoms with Crippen LogP contribution >= 0.6 is 0 Å². The van der Waals surface area contributed by atoms with E-state index in [4.69, 9.17) is 0 Å². The Kier molecular flexibility index (Phi) is 5.04. The maximum absolute atomic E-state index is 11.6. The maximum Gasteiger partial charge on any atom is 0.225 e. The number of nitrogens with zero attached hydrogens (tertiary/aromatic N) is 1. The van der Waals surface area contributed by atoms with Gasteiger partial charge in [0.1, 0.15) is 0 Å². The molecule has 3 atom stereocenters. The molecule has 0 N–H and O–H groups in total. The molecule has 0 aliphatic rings. The van der Waals surface area contributed by atoms with Crippen molar-refractivity contribution in [2.45, 2.75) is 34.1 Å². The highest BCUT2D eigenvalue weighted by atomic mass is 16.2. The lowest BCUT2D eigenvalue weighted by Gasteiger charge is -2.26. The first-order valence-corrected chi connectivity index (χ1v) is 5.12. The zero-order chi connectivity index (χ0) is 10.6. The van der Waals surface area contributed by atoms with Gasteiger partial charge in [0.2, 0.25) is 5.91 Å². The summed E-state index contributed by atoms with van der Waals surface area (Å²) in [4.78, 5) is 13.3. The monoisotopic (exact) mass is 185 g/mol. The molecule has 0 radical (unpaired) electrons. The van der Waals surface area contributed by atoms with Crippen molar-refractivity contribution in [3.8, 4) is 0 Å². The van der Waals surface area contributed by atoms with Gasteiger partial charge in [-0.25, -0.2) is 0 Å². The summed E-state index contributed by atoms with van der Waals surface area (Å²) in [6, 6.07) is 0. The largest absolute Gasteiger partial charge is 0.349 e. The lowest BCUT2D eigenvalue weighted by Crippen LogP contribution is -2.33. The maximum atomic E-state index is 11.6. The molecule has 13 heavy (non-hydrogen) atoms. The normalized spacial score (nSPS) is 17.7. The summed E-state index contributed by atoms with van der Waals surface area (Å²) in [6.45, 7) is 8.58. The van der Waals surface area contributed by atoms with Crippen molar-refractivity contribution in [3.05, 3.63) is 0 Å². The highest BCUT2D eigenvalue weighted by molar-refractivity contribution is 5.78. The molecule has 0 fully saturated rings. The van der Waals surface area contributed by atoms with Crippen molar-refractivity contribution in [2.75, 3.05) is 14.1 Å². The number of carbonyl (C=O) groups excluding carboxylic acids is 1. The van der Waals surface area contributed by atoms with Crippen LogP contribution in [0.5, 0.6) is 0 Å². The number of carbonyl (C=O) groups is 1. The van der Waals surface area contributed by atoms with Crippen molar-refractivity contribution < 1.29 is 4.79 Å². The van der Waals surface area contributed by atoms with Crippen molar-refractivity contribution >= 4 is 5.91 Å². The van der Waals surface area contributed by atoms with Crippen LogP contribution in [0, 0.1) is 17.8 Å². The van der Waals surface area contributed by atoms with Crippen molar-refractivity contribution in [3.63, 3.8) is 0 Å². The van der Waals surface area contributed by atoms with Crippen molar-refractivity contribution in [1.82, 2.24) is 4.90 Å². The smallest absolute Gasteiger partial charge is 0.225 e. The average Bonchev–Trinajstić information content (AvgIpc) is 2.12. The van der Waals surface area contributed by atoms with Gasteiger partial charge in [0.15, 0.2) is 0 Å². The lowest BCUT2D eigenvalue weighted by atomic mass is 9.83. The standard InChI is InChI=1S/C11H23NO/c1-7-8(2)9(3)10(4)11(13)12(5)6/h8-10H,7H2,1-6H3. The molecule has 0 aromatic carbocycles. The van der Waals surface area contributed by atoms with Crippen LogP contribution < -0.4 is 0 Å². The second-order valence-electron chi connectivity index (χ2n) is 4.27. The van der Waals surface area contributed by atoms with Gasteiger partial charge in [0.25, 0.3) is 0 Å². The van der Waals surface area contributed by atoms with Gasteiger partial charge in [-0.05, 0) is 11.8 Å².